The van der Waals surface area contributed by atoms with Crippen LogP contribution in [0.3, 0.4) is 0 Å². The minimum atomic E-state index is 0.0868. The van der Waals surface area contributed by atoms with Crippen LogP contribution in [0.1, 0.15) is 22.0 Å². The van der Waals surface area contributed by atoms with E-state index < -0.39 is 0 Å². The van der Waals surface area contributed by atoms with Crippen LogP contribution in [-0.2, 0) is 0 Å². The maximum Gasteiger partial charge on any atom is 0.253 e. The van der Waals surface area contributed by atoms with E-state index in [1.165, 1.54) is 5.56 Å². The van der Waals surface area contributed by atoms with Gasteiger partial charge in [-0.1, -0.05) is 54.6 Å². The Labute approximate surface area is 172 Å². The largest absolute Gasteiger partial charge is 0.497 e. The third-order valence-corrected chi connectivity index (χ3v) is 5.63. The molecular formula is C25H26N2O2. The number of likely N-dealkylation sites (N-methyl/N-ethyl adjacent to an activating group) is 1. The highest BCUT2D eigenvalue weighted by atomic mass is 16.5. The van der Waals surface area contributed by atoms with Gasteiger partial charge in [0.1, 0.15) is 5.75 Å². The molecule has 29 heavy (non-hydrogen) atoms. The molecule has 1 aliphatic rings. The van der Waals surface area contributed by atoms with Crippen molar-refractivity contribution >= 4 is 5.91 Å². The van der Waals surface area contributed by atoms with E-state index in [0.29, 0.717) is 6.54 Å². The Morgan fingerprint density at radius 2 is 1.66 bits per heavy atom. The maximum absolute atomic E-state index is 13.3. The number of hydrogen-bond donors (Lipinski definition) is 0. The van der Waals surface area contributed by atoms with Crippen molar-refractivity contribution in [2.75, 3.05) is 33.8 Å². The lowest BCUT2D eigenvalue weighted by molar-refractivity contribution is 0.0546. The number of amides is 1. The van der Waals surface area contributed by atoms with Gasteiger partial charge < -0.3 is 9.64 Å². The molecule has 3 aromatic carbocycles. The van der Waals surface area contributed by atoms with Crippen molar-refractivity contribution in [1.82, 2.24) is 9.80 Å². The van der Waals surface area contributed by atoms with E-state index in [0.717, 1.165) is 35.5 Å². The van der Waals surface area contributed by atoms with E-state index in [2.05, 4.69) is 42.3 Å². The summed E-state index contributed by atoms with van der Waals surface area (Å²) < 4.78 is 5.38. The first kappa shape index (κ1) is 19.2. The Balaban J connectivity index is 1.56. The minimum absolute atomic E-state index is 0.0868. The summed E-state index contributed by atoms with van der Waals surface area (Å²) in [5.74, 6) is 0.929. The summed E-state index contributed by atoms with van der Waals surface area (Å²) in [5, 5.41) is 0. The van der Waals surface area contributed by atoms with E-state index >= 15 is 0 Å². The van der Waals surface area contributed by atoms with Gasteiger partial charge in [-0.25, -0.2) is 0 Å². The summed E-state index contributed by atoms with van der Waals surface area (Å²) in [5.41, 5.74) is 4.09. The average molecular weight is 386 g/mol. The highest BCUT2D eigenvalue weighted by molar-refractivity contribution is 5.95. The second-order valence-corrected chi connectivity index (χ2v) is 7.47. The molecule has 148 valence electrons. The monoisotopic (exact) mass is 386 g/mol. The van der Waals surface area contributed by atoms with Crippen molar-refractivity contribution in [2.24, 2.45) is 0 Å². The molecular weight excluding hydrogens is 360 g/mol. The topological polar surface area (TPSA) is 32.8 Å². The Hall–Kier alpha value is -3.11. The molecule has 1 fully saturated rings. The van der Waals surface area contributed by atoms with Crippen LogP contribution in [0.4, 0.5) is 0 Å². The molecule has 0 aromatic heterocycles. The lowest BCUT2D eigenvalue weighted by Gasteiger charge is -2.39. The van der Waals surface area contributed by atoms with Gasteiger partial charge in [-0.3, -0.25) is 9.69 Å². The first-order valence-electron chi connectivity index (χ1n) is 9.94. The molecule has 3 aromatic rings. The zero-order valence-corrected chi connectivity index (χ0v) is 16.9. The lowest BCUT2D eigenvalue weighted by Crippen LogP contribution is -2.49. The molecule has 1 saturated heterocycles. The summed E-state index contributed by atoms with van der Waals surface area (Å²) in [7, 11) is 3.79. The van der Waals surface area contributed by atoms with Crippen molar-refractivity contribution in [3.05, 3.63) is 90.0 Å². The van der Waals surface area contributed by atoms with Crippen LogP contribution in [-0.4, -0.2) is 49.5 Å². The number of benzene rings is 3. The fourth-order valence-corrected chi connectivity index (χ4v) is 3.91. The summed E-state index contributed by atoms with van der Waals surface area (Å²) in [6.07, 6.45) is 0. The van der Waals surface area contributed by atoms with E-state index in [1.807, 2.05) is 53.4 Å². The summed E-state index contributed by atoms with van der Waals surface area (Å²) in [6, 6.07) is 26.4. The van der Waals surface area contributed by atoms with Crippen LogP contribution in [0.2, 0.25) is 0 Å². The third-order valence-electron chi connectivity index (χ3n) is 5.63. The van der Waals surface area contributed by atoms with Crippen LogP contribution in [0, 0.1) is 0 Å². The van der Waals surface area contributed by atoms with E-state index in [1.54, 1.807) is 7.11 Å². The number of hydrogen-bond acceptors (Lipinski definition) is 3. The zero-order chi connectivity index (χ0) is 20.2. The Morgan fingerprint density at radius 1 is 0.897 bits per heavy atom. The van der Waals surface area contributed by atoms with E-state index in [4.69, 9.17) is 4.74 Å². The molecule has 1 heterocycles. The molecule has 0 aliphatic carbocycles. The summed E-state index contributed by atoms with van der Waals surface area (Å²) in [4.78, 5) is 17.5. The molecule has 4 nitrogen and oxygen atoms in total. The minimum Gasteiger partial charge on any atom is -0.497 e. The van der Waals surface area contributed by atoms with Crippen molar-refractivity contribution < 1.29 is 9.53 Å². The first-order chi connectivity index (χ1) is 14.2. The highest BCUT2D eigenvalue weighted by Gasteiger charge is 2.29. The second-order valence-electron chi connectivity index (χ2n) is 7.47. The number of ether oxygens (including phenoxy) is 1. The van der Waals surface area contributed by atoms with Gasteiger partial charge in [-0.15, -0.1) is 0 Å². The summed E-state index contributed by atoms with van der Waals surface area (Å²) in [6.45, 7) is 2.23. The number of rotatable bonds is 4. The number of piperazine rings is 1. The quantitative estimate of drug-likeness (QED) is 0.662. The predicted octanol–water partition coefficient (Wildman–Crippen LogP) is 4.49. The van der Waals surface area contributed by atoms with Crippen molar-refractivity contribution in [3.8, 4) is 16.9 Å². The molecule has 0 spiro atoms. The van der Waals surface area contributed by atoms with Crippen LogP contribution < -0.4 is 4.74 Å². The molecule has 1 atom stereocenters. The zero-order valence-electron chi connectivity index (χ0n) is 16.9. The van der Waals surface area contributed by atoms with Crippen molar-refractivity contribution in [1.29, 1.82) is 0 Å². The Bertz CT molecular complexity index is 987. The molecule has 0 bridgehead atoms. The smallest absolute Gasteiger partial charge is 0.253 e. The Morgan fingerprint density at radius 3 is 2.45 bits per heavy atom. The molecule has 4 heteroatoms. The summed E-state index contributed by atoms with van der Waals surface area (Å²) >= 11 is 0. The molecule has 0 saturated carbocycles. The fraction of sp³-hybridized carbons (Fsp3) is 0.240. The third kappa shape index (κ3) is 4.17. The van der Waals surface area contributed by atoms with Crippen LogP contribution in [0.5, 0.6) is 5.75 Å². The first-order valence-corrected chi connectivity index (χ1v) is 9.94. The lowest BCUT2D eigenvalue weighted by atomic mass is 10.0. The number of nitrogens with zero attached hydrogens (tertiary/aromatic N) is 2. The predicted molar refractivity (Wildman–Crippen MR) is 116 cm³/mol. The van der Waals surface area contributed by atoms with Gasteiger partial charge in [0, 0.05) is 25.2 Å². The molecule has 1 aliphatic heterocycles. The van der Waals surface area contributed by atoms with E-state index in [-0.39, 0.29) is 11.9 Å². The molecule has 1 unspecified atom stereocenters. The van der Waals surface area contributed by atoms with Crippen LogP contribution >= 0.6 is 0 Å². The van der Waals surface area contributed by atoms with Gasteiger partial charge in [0.2, 0.25) is 0 Å². The second kappa shape index (κ2) is 8.50. The van der Waals surface area contributed by atoms with Gasteiger partial charge in [-0.05, 0) is 48.0 Å². The van der Waals surface area contributed by atoms with Gasteiger partial charge in [-0.2, -0.15) is 0 Å². The van der Waals surface area contributed by atoms with Crippen LogP contribution in [0.15, 0.2) is 78.9 Å². The van der Waals surface area contributed by atoms with Gasteiger partial charge in [0.05, 0.1) is 13.2 Å². The molecule has 0 radical (unpaired) electrons. The van der Waals surface area contributed by atoms with Gasteiger partial charge >= 0.3 is 0 Å². The number of carbonyl (C=O) groups excluding carboxylic acids is 1. The number of methoxy groups -OCH3 is 1. The van der Waals surface area contributed by atoms with Gasteiger partial charge in [0.15, 0.2) is 0 Å². The highest BCUT2D eigenvalue weighted by Crippen LogP contribution is 2.28. The van der Waals surface area contributed by atoms with Gasteiger partial charge in [0.25, 0.3) is 5.91 Å². The molecule has 1 amide bonds. The van der Waals surface area contributed by atoms with Crippen molar-refractivity contribution in [3.63, 3.8) is 0 Å². The fourth-order valence-electron chi connectivity index (χ4n) is 3.91. The Kier molecular flexibility index (Phi) is 5.63. The molecule has 4 rings (SSSR count). The normalized spacial score (nSPS) is 17.2. The van der Waals surface area contributed by atoms with Crippen molar-refractivity contribution in [2.45, 2.75) is 6.04 Å². The number of carbonyl (C=O) groups is 1. The molecule has 0 N–H and O–H groups in total. The standard InChI is InChI=1S/C25H26N2O2/c1-26-14-15-27(18-24(26)21-11-7-13-23(17-21)29-2)25(28)22-12-6-10-20(16-22)19-8-4-3-5-9-19/h3-13,16-17,24H,14-15,18H2,1-2H3. The van der Waals surface area contributed by atoms with E-state index in [9.17, 15) is 4.79 Å². The van der Waals surface area contributed by atoms with Crippen LogP contribution in [0.25, 0.3) is 11.1 Å². The SMILES string of the molecule is COc1cccc(C2CN(C(=O)c3cccc(-c4ccccc4)c3)CCN2C)c1. The average Bonchev–Trinajstić information content (AvgIpc) is 2.79. The maximum atomic E-state index is 13.3.